The lowest BCUT2D eigenvalue weighted by molar-refractivity contribution is 0.296. The second-order valence-corrected chi connectivity index (χ2v) is 9.59. The quantitative estimate of drug-likeness (QED) is 0.249. The molecule has 0 radical (unpaired) electrons. The van der Waals surface area contributed by atoms with E-state index in [1.165, 1.54) is 43.2 Å². The van der Waals surface area contributed by atoms with Gasteiger partial charge in [-0.3, -0.25) is 0 Å². The van der Waals surface area contributed by atoms with E-state index >= 15 is 4.39 Å². The van der Waals surface area contributed by atoms with E-state index < -0.39 is 0 Å². The molecule has 0 saturated heterocycles. The number of rotatable bonds is 7. The Hall–Kier alpha value is -3.11. The predicted molar refractivity (Wildman–Crippen MR) is 143 cm³/mol. The summed E-state index contributed by atoms with van der Waals surface area (Å²) in [5, 5.41) is 1.57. The molecule has 0 N–H and O–H groups in total. The van der Waals surface area contributed by atoms with E-state index in [0.29, 0.717) is 10.9 Å². The highest BCUT2D eigenvalue weighted by Gasteiger charge is 2.18. The van der Waals surface area contributed by atoms with Crippen molar-refractivity contribution in [2.45, 2.75) is 58.3 Å². The molecule has 0 spiro atoms. The van der Waals surface area contributed by atoms with Crippen molar-refractivity contribution in [1.82, 2.24) is 0 Å². The number of benzene rings is 3. The summed E-state index contributed by atoms with van der Waals surface area (Å²) in [7, 11) is 0. The monoisotopic (exact) mass is 450 g/mol. The van der Waals surface area contributed by atoms with Crippen LogP contribution in [0.25, 0.3) is 10.8 Å². The third kappa shape index (κ3) is 6.27. The molecule has 1 heteroatoms. The van der Waals surface area contributed by atoms with Gasteiger partial charge < -0.3 is 0 Å². The van der Waals surface area contributed by atoms with E-state index in [9.17, 15) is 0 Å². The average Bonchev–Trinajstić information content (AvgIpc) is 2.88. The summed E-state index contributed by atoms with van der Waals surface area (Å²) in [6.07, 6.45) is 16.0. The van der Waals surface area contributed by atoms with Crippen molar-refractivity contribution in [3.8, 4) is 11.8 Å². The largest absolute Gasteiger partial charge is 0.205 e. The van der Waals surface area contributed by atoms with Crippen LogP contribution in [0.3, 0.4) is 0 Å². The van der Waals surface area contributed by atoms with E-state index in [1.807, 2.05) is 25.1 Å². The first-order chi connectivity index (χ1) is 16.7. The van der Waals surface area contributed by atoms with E-state index in [2.05, 4.69) is 67.0 Å². The lowest BCUT2D eigenvalue weighted by Gasteiger charge is -2.26. The molecule has 1 fully saturated rings. The highest BCUT2D eigenvalue weighted by Crippen LogP contribution is 2.32. The molecular weight excluding hydrogens is 415 g/mol. The maximum Gasteiger partial charge on any atom is 0.146 e. The number of halogens is 1. The molecule has 0 amide bonds. The van der Waals surface area contributed by atoms with Gasteiger partial charge in [0.2, 0.25) is 0 Å². The number of hydrogen-bond acceptors (Lipinski definition) is 0. The maximum atomic E-state index is 15.1. The normalized spacial score (nSPS) is 18.1. The van der Waals surface area contributed by atoms with E-state index in [-0.39, 0.29) is 5.82 Å². The lowest BCUT2D eigenvalue weighted by Crippen LogP contribution is -2.13. The Balaban J connectivity index is 1.38. The Labute approximate surface area is 204 Å². The maximum absolute atomic E-state index is 15.1. The van der Waals surface area contributed by atoms with Crippen LogP contribution in [0.4, 0.5) is 4.39 Å². The van der Waals surface area contributed by atoms with Crippen LogP contribution in [0.2, 0.25) is 0 Å². The highest BCUT2D eigenvalue weighted by molar-refractivity contribution is 5.85. The van der Waals surface area contributed by atoms with E-state index in [0.717, 1.165) is 42.0 Å². The smallest absolute Gasteiger partial charge is 0.146 e. The number of hydrogen-bond donors (Lipinski definition) is 0. The second kappa shape index (κ2) is 11.8. The summed E-state index contributed by atoms with van der Waals surface area (Å²) < 4.78 is 15.1. The van der Waals surface area contributed by atoms with Gasteiger partial charge in [0.15, 0.2) is 0 Å². The predicted octanol–water partition coefficient (Wildman–Crippen LogP) is 8.81. The molecule has 0 heterocycles. The molecule has 34 heavy (non-hydrogen) atoms. The zero-order chi connectivity index (χ0) is 23.8. The van der Waals surface area contributed by atoms with Gasteiger partial charge in [0.1, 0.15) is 5.82 Å². The van der Waals surface area contributed by atoms with Crippen LogP contribution >= 0.6 is 0 Å². The van der Waals surface area contributed by atoms with Crippen LogP contribution in [-0.4, -0.2) is 0 Å². The number of aryl methyl sites for hydroxylation is 2. The van der Waals surface area contributed by atoms with Crippen LogP contribution in [0.1, 0.15) is 67.7 Å². The molecule has 1 aliphatic rings. The number of allylic oxidation sites excluding steroid dienone is 3. The van der Waals surface area contributed by atoms with Crippen LogP contribution in [0.5, 0.6) is 0 Å². The van der Waals surface area contributed by atoms with Gasteiger partial charge in [-0.1, -0.05) is 66.5 Å². The lowest BCUT2D eigenvalue weighted by atomic mass is 9.79. The molecule has 3 aromatic carbocycles. The summed E-state index contributed by atoms with van der Waals surface area (Å²) in [6.45, 7) is 5.98. The van der Waals surface area contributed by atoms with Crippen molar-refractivity contribution in [1.29, 1.82) is 0 Å². The Morgan fingerprint density at radius 1 is 0.912 bits per heavy atom. The van der Waals surface area contributed by atoms with Crippen LogP contribution < -0.4 is 0 Å². The molecule has 0 bridgehead atoms. The summed E-state index contributed by atoms with van der Waals surface area (Å²) in [5.74, 6) is 7.54. The fourth-order valence-corrected chi connectivity index (χ4v) is 4.99. The molecule has 0 atom stereocenters. The zero-order valence-corrected chi connectivity index (χ0v) is 20.3. The van der Waals surface area contributed by atoms with Gasteiger partial charge in [-0.25, -0.2) is 4.39 Å². The fourth-order valence-electron chi connectivity index (χ4n) is 4.99. The van der Waals surface area contributed by atoms with Gasteiger partial charge >= 0.3 is 0 Å². The molecule has 174 valence electrons. The SMILES string of the molecule is C=CC1CCC(CCc2ccc(C#Cc3ccc4cc(CC/C=C/C)ccc4c3F)cc2)CC1. The molecule has 3 aromatic rings. The van der Waals surface area contributed by atoms with E-state index in [4.69, 9.17) is 0 Å². The molecule has 0 aromatic heterocycles. The third-order valence-corrected chi connectivity index (χ3v) is 7.22. The van der Waals surface area contributed by atoms with Crippen molar-refractivity contribution >= 4 is 10.8 Å². The van der Waals surface area contributed by atoms with Crippen molar-refractivity contribution in [2.24, 2.45) is 11.8 Å². The van der Waals surface area contributed by atoms with Crippen LogP contribution in [0, 0.1) is 29.5 Å². The Bertz CT molecular complexity index is 1200. The Morgan fingerprint density at radius 2 is 1.68 bits per heavy atom. The molecule has 1 saturated carbocycles. The van der Waals surface area contributed by atoms with Crippen molar-refractivity contribution in [2.75, 3.05) is 0 Å². The van der Waals surface area contributed by atoms with E-state index in [1.54, 1.807) is 6.07 Å². The third-order valence-electron chi connectivity index (χ3n) is 7.22. The summed E-state index contributed by atoms with van der Waals surface area (Å²) in [5.41, 5.74) is 3.97. The van der Waals surface area contributed by atoms with Gasteiger partial charge in [-0.15, -0.1) is 6.58 Å². The number of fused-ring (bicyclic) bond motifs is 1. The fraction of sp³-hybridized carbons (Fsp3) is 0.333. The topological polar surface area (TPSA) is 0 Å². The summed E-state index contributed by atoms with van der Waals surface area (Å²) in [6, 6.07) is 18.2. The first-order valence-corrected chi connectivity index (χ1v) is 12.7. The van der Waals surface area contributed by atoms with Gasteiger partial charge in [0.25, 0.3) is 0 Å². The average molecular weight is 451 g/mol. The minimum absolute atomic E-state index is 0.229. The zero-order valence-electron chi connectivity index (χ0n) is 20.3. The first kappa shape index (κ1) is 24.0. The van der Waals surface area contributed by atoms with Gasteiger partial charge in [0, 0.05) is 10.9 Å². The minimum atomic E-state index is -0.229. The summed E-state index contributed by atoms with van der Waals surface area (Å²) >= 11 is 0. The Morgan fingerprint density at radius 3 is 2.41 bits per heavy atom. The molecular formula is C33H35F. The minimum Gasteiger partial charge on any atom is -0.205 e. The van der Waals surface area contributed by atoms with Crippen LogP contribution in [0.15, 0.2) is 79.4 Å². The molecule has 0 aliphatic heterocycles. The highest BCUT2D eigenvalue weighted by atomic mass is 19.1. The standard InChI is InChI=1S/C33H35F/c1-3-5-6-7-29-19-23-32-31(24-29)22-21-30(33(32)34)20-18-28-16-14-27(15-17-28)13-12-26-10-8-25(4-2)9-11-26/h3-5,14-17,19,21-26H,2,6-13H2,1H3/b5-3+. The van der Waals surface area contributed by atoms with Gasteiger partial charge in [0.05, 0.1) is 5.56 Å². The second-order valence-electron chi connectivity index (χ2n) is 9.59. The van der Waals surface area contributed by atoms with Crippen LogP contribution in [-0.2, 0) is 12.8 Å². The molecule has 4 rings (SSSR count). The van der Waals surface area contributed by atoms with Crippen molar-refractivity contribution < 1.29 is 4.39 Å². The summed E-state index contributed by atoms with van der Waals surface area (Å²) in [4.78, 5) is 0. The first-order valence-electron chi connectivity index (χ1n) is 12.7. The van der Waals surface area contributed by atoms with Crippen molar-refractivity contribution in [3.63, 3.8) is 0 Å². The van der Waals surface area contributed by atoms with Gasteiger partial charge in [-0.05, 0) is 105 Å². The van der Waals surface area contributed by atoms with Crippen molar-refractivity contribution in [3.05, 3.63) is 107 Å². The molecule has 0 nitrogen and oxygen atoms in total. The van der Waals surface area contributed by atoms with Gasteiger partial charge in [-0.2, -0.15) is 0 Å². The Kier molecular flexibility index (Phi) is 8.37. The molecule has 0 unspecified atom stereocenters. The molecule has 1 aliphatic carbocycles.